The summed E-state index contributed by atoms with van der Waals surface area (Å²) in [7, 11) is 5.48. The Morgan fingerprint density at radius 1 is 1.06 bits per heavy atom. The summed E-state index contributed by atoms with van der Waals surface area (Å²) in [5.74, 6) is -0.361. The number of hydrogen-bond acceptors (Lipinski definition) is 8. The average molecular weight is 433 g/mol. The summed E-state index contributed by atoms with van der Waals surface area (Å²) in [4.78, 5) is 10.6. The zero-order valence-electron chi connectivity index (χ0n) is 18.7. The molecule has 0 spiro atoms. The lowest BCUT2D eigenvalue weighted by Crippen LogP contribution is -2.19. The lowest BCUT2D eigenvalue weighted by atomic mass is 10.1. The molecule has 0 saturated heterocycles. The number of nitrogens with one attached hydrogen (secondary N) is 3. The van der Waals surface area contributed by atoms with Crippen LogP contribution in [0.5, 0.6) is 0 Å². The van der Waals surface area contributed by atoms with E-state index < -0.39 is 6.23 Å². The van der Waals surface area contributed by atoms with Gasteiger partial charge in [-0.3, -0.25) is 20.7 Å². The van der Waals surface area contributed by atoms with Crippen LogP contribution in [-0.4, -0.2) is 52.9 Å². The van der Waals surface area contributed by atoms with Crippen LogP contribution in [0.15, 0.2) is 54.7 Å². The molecule has 32 heavy (non-hydrogen) atoms. The van der Waals surface area contributed by atoms with E-state index in [0.29, 0.717) is 17.0 Å². The molecule has 1 heterocycles. The predicted octanol–water partition coefficient (Wildman–Crippen LogP) is 3.09. The fraction of sp³-hybridized carbons (Fsp3) is 0.250. The molecule has 4 N–H and O–H groups in total. The quantitative estimate of drug-likeness (QED) is 0.259. The van der Waals surface area contributed by atoms with Crippen molar-refractivity contribution in [3.8, 4) is 11.3 Å². The summed E-state index contributed by atoms with van der Waals surface area (Å²) >= 11 is 0. The molecule has 8 nitrogen and oxygen atoms in total. The number of aromatic nitrogens is 2. The maximum absolute atomic E-state index is 10.2. The van der Waals surface area contributed by atoms with Crippen molar-refractivity contribution in [2.24, 2.45) is 0 Å². The molecular weight excluding hydrogens is 404 g/mol. The van der Waals surface area contributed by atoms with Crippen molar-refractivity contribution < 1.29 is 9.84 Å². The van der Waals surface area contributed by atoms with Gasteiger partial charge in [0.15, 0.2) is 0 Å². The van der Waals surface area contributed by atoms with Gasteiger partial charge >= 0.3 is 0 Å². The van der Waals surface area contributed by atoms with Crippen LogP contribution < -0.4 is 5.32 Å². The third-order valence-electron chi connectivity index (χ3n) is 4.97. The van der Waals surface area contributed by atoms with Gasteiger partial charge in [0.25, 0.3) is 0 Å². The van der Waals surface area contributed by atoms with Crippen LogP contribution in [0.3, 0.4) is 0 Å². The molecule has 0 amide bonds. The molecule has 3 aromatic rings. The topological polar surface area (TPSA) is 118 Å². The van der Waals surface area contributed by atoms with Gasteiger partial charge < -0.3 is 15.2 Å². The molecule has 0 aliphatic rings. The Morgan fingerprint density at radius 2 is 1.72 bits per heavy atom. The number of rotatable bonds is 7. The monoisotopic (exact) mass is 432 g/mol. The van der Waals surface area contributed by atoms with Crippen LogP contribution in [0.25, 0.3) is 11.3 Å². The van der Waals surface area contributed by atoms with E-state index in [0.717, 1.165) is 23.2 Å². The van der Waals surface area contributed by atoms with Crippen molar-refractivity contribution in [2.75, 3.05) is 21.1 Å². The first-order valence-electron chi connectivity index (χ1n) is 10.2. The number of aryl methyl sites for hydroxylation is 1. The van der Waals surface area contributed by atoms with Gasteiger partial charge in [0.05, 0.1) is 17.6 Å². The highest BCUT2D eigenvalue weighted by Crippen LogP contribution is 2.22. The summed E-state index contributed by atoms with van der Waals surface area (Å²) in [6.07, 6.45) is 0.943. The van der Waals surface area contributed by atoms with Crippen molar-refractivity contribution in [3.05, 3.63) is 82.8 Å². The van der Waals surface area contributed by atoms with Gasteiger partial charge in [-0.1, -0.05) is 36.4 Å². The van der Waals surface area contributed by atoms with Crippen molar-refractivity contribution in [1.29, 1.82) is 10.8 Å². The Kier molecular flexibility index (Phi) is 7.42. The van der Waals surface area contributed by atoms with Gasteiger partial charge in [-0.05, 0) is 51.3 Å². The molecule has 0 bridgehead atoms. The van der Waals surface area contributed by atoms with Gasteiger partial charge in [-0.15, -0.1) is 0 Å². The Labute approximate surface area is 187 Å². The lowest BCUT2D eigenvalue weighted by molar-refractivity contribution is 0.0395. The van der Waals surface area contributed by atoms with Crippen molar-refractivity contribution in [2.45, 2.75) is 19.7 Å². The number of hydrogen-bond donors (Lipinski definition) is 4. The molecule has 3 rings (SSSR count). The Morgan fingerprint density at radius 3 is 2.31 bits per heavy atom. The standard InChI is InChI=1S/C24H28N6O2/c1-15-21(23(26)32-22(25)18-7-5-16(6-8-18)13-27-2)29-20(14-28-15)17-9-11-19(12-10-17)24(31)30(3)4/h5-12,14,24-27,31H,13H2,1-4H3. The van der Waals surface area contributed by atoms with Crippen LogP contribution in [0, 0.1) is 17.7 Å². The fourth-order valence-electron chi connectivity index (χ4n) is 3.12. The molecule has 0 radical (unpaired) electrons. The minimum Gasteiger partial charge on any atom is -0.419 e. The molecule has 1 aromatic heterocycles. The van der Waals surface area contributed by atoms with Crippen molar-refractivity contribution in [1.82, 2.24) is 20.2 Å². The molecule has 0 saturated carbocycles. The first-order valence-corrected chi connectivity index (χ1v) is 10.2. The molecular formula is C24H28N6O2. The summed E-state index contributed by atoms with van der Waals surface area (Å²) in [5.41, 5.74) is 4.63. The van der Waals surface area contributed by atoms with E-state index in [9.17, 15) is 5.11 Å². The lowest BCUT2D eigenvalue weighted by Gasteiger charge is -2.18. The van der Waals surface area contributed by atoms with E-state index in [2.05, 4.69) is 15.3 Å². The van der Waals surface area contributed by atoms with Gasteiger partial charge in [-0.25, -0.2) is 4.98 Å². The Balaban J connectivity index is 1.77. The molecule has 2 aromatic carbocycles. The normalized spacial score (nSPS) is 11.9. The van der Waals surface area contributed by atoms with Gasteiger partial charge in [0, 0.05) is 17.7 Å². The van der Waals surface area contributed by atoms with Crippen LogP contribution in [-0.2, 0) is 11.3 Å². The molecule has 0 aliphatic carbocycles. The SMILES string of the molecule is CNCc1ccc(C(=N)OC(=N)c2nc(-c3ccc(C(O)N(C)C)cc3)cnc2C)cc1. The van der Waals surface area contributed by atoms with E-state index in [-0.39, 0.29) is 17.5 Å². The van der Waals surface area contributed by atoms with Gasteiger partial charge in [-0.2, -0.15) is 0 Å². The van der Waals surface area contributed by atoms with Crippen molar-refractivity contribution in [3.63, 3.8) is 0 Å². The number of aliphatic hydroxyl groups excluding tert-OH is 1. The fourth-order valence-corrected chi connectivity index (χ4v) is 3.12. The second kappa shape index (κ2) is 10.2. The number of aliphatic hydroxyl groups is 1. The highest BCUT2D eigenvalue weighted by Gasteiger charge is 2.16. The summed E-state index contributed by atoms with van der Waals surface area (Å²) in [6, 6.07) is 14.8. The maximum Gasteiger partial charge on any atom is 0.241 e. The van der Waals surface area contributed by atoms with E-state index in [1.807, 2.05) is 43.4 Å². The molecule has 8 heteroatoms. The average Bonchev–Trinajstić information content (AvgIpc) is 2.79. The van der Waals surface area contributed by atoms with Crippen LogP contribution in [0.1, 0.15) is 34.3 Å². The zero-order chi connectivity index (χ0) is 23.3. The largest absolute Gasteiger partial charge is 0.419 e. The van der Waals surface area contributed by atoms with Crippen molar-refractivity contribution >= 4 is 11.8 Å². The summed E-state index contributed by atoms with van der Waals surface area (Å²) in [5, 5.41) is 29.8. The van der Waals surface area contributed by atoms with Crippen LogP contribution >= 0.6 is 0 Å². The highest BCUT2D eigenvalue weighted by atomic mass is 16.5. The minimum atomic E-state index is -0.691. The third kappa shape index (κ3) is 5.42. The van der Waals surface area contributed by atoms with Gasteiger partial charge in [0.1, 0.15) is 11.9 Å². The van der Waals surface area contributed by atoms with Crippen LogP contribution in [0.4, 0.5) is 0 Å². The molecule has 1 atom stereocenters. The minimum absolute atomic E-state index is 0.125. The third-order valence-corrected chi connectivity index (χ3v) is 4.97. The smallest absolute Gasteiger partial charge is 0.241 e. The van der Waals surface area contributed by atoms with E-state index in [4.69, 9.17) is 15.6 Å². The first-order chi connectivity index (χ1) is 15.3. The molecule has 166 valence electrons. The van der Waals surface area contributed by atoms with E-state index >= 15 is 0 Å². The second-order valence-electron chi connectivity index (χ2n) is 7.64. The Bertz CT molecular complexity index is 1090. The highest BCUT2D eigenvalue weighted by molar-refractivity contribution is 6.04. The second-order valence-corrected chi connectivity index (χ2v) is 7.64. The van der Waals surface area contributed by atoms with Gasteiger partial charge in [0.2, 0.25) is 11.8 Å². The molecule has 0 aliphatic heterocycles. The molecule has 0 fully saturated rings. The predicted molar refractivity (Wildman–Crippen MR) is 125 cm³/mol. The summed E-state index contributed by atoms with van der Waals surface area (Å²) < 4.78 is 5.48. The number of benzene rings is 2. The number of nitrogens with zero attached hydrogens (tertiary/aromatic N) is 3. The van der Waals surface area contributed by atoms with E-state index in [1.54, 1.807) is 44.2 Å². The zero-order valence-corrected chi connectivity index (χ0v) is 18.7. The van der Waals surface area contributed by atoms with Crippen LogP contribution in [0.2, 0.25) is 0 Å². The Hall–Kier alpha value is -3.46. The number of ether oxygens (including phenoxy) is 1. The maximum atomic E-state index is 10.2. The first kappa shape index (κ1) is 23.2. The van der Waals surface area contributed by atoms with E-state index in [1.165, 1.54) is 0 Å². The summed E-state index contributed by atoms with van der Waals surface area (Å²) in [6.45, 7) is 2.48. The molecule has 1 unspecified atom stereocenters.